The molecule has 2 nitrogen and oxygen atoms in total. The van der Waals surface area contributed by atoms with Gasteiger partial charge in [-0.1, -0.05) is 7.43 Å². The molecule has 0 aliphatic rings. The van der Waals surface area contributed by atoms with Crippen LogP contribution in [-0.4, -0.2) is 9.97 Å². The number of aryl methyl sites for hydroxylation is 1. The maximum Gasteiger partial charge on any atom is 0.103 e. The molecule has 0 atom stereocenters. The molecule has 0 radical (unpaired) electrons. The molecule has 1 aromatic rings. The Morgan fingerprint density at radius 2 is 2.44 bits per heavy atom. The molecule has 1 N–H and O–H groups in total. The van der Waals surface area contributed by atoms with Crippen molar-refractivity contribution in [3.8, 4) is 0 Å². The van der Waals surface area contributed by atoms with E-state index in [9.17, 15) is 0 Å². The number of aromatic nitrogens is 2. The van der Waals surface area contributed by atoms with Gasteiger partial charge >= 0.3 is 0 Å². The number of nitrogens with one attached hydrogen (secondary N) is 1. The van der Waals surface area contributed by atoms with Crippen molar-refractivity contribution in [1.82, 2.24) is 9.97 Å². The van der Waals surface area contributed by atoms with Crippen LogP contribution in [0.2, 0.25) is 0 Å². The summed E-state index contributed by atoms with van der Waals surface area (Å²) in [6.07, 6.45) is 1.79. The standard InChI is InChI=1S/C5H8N2S.CH4/c1-4-6-2-5(3-8)7-4;/h2,8H,3H2,1H3,(H,6,7);1H4. The minimum atomic E-state index is 0. The van der Waals surface area contributed by atoms with E-state index < -0.39 is 0 Å². The van der Waals surface area contributed by atoms with Gasteiger partial charge in [-0.3, -0.25) is 0 Å². The van der Waals surface area contributed by atoms with Crippen molar-refractivity contribution in [2.24, 2.45) is 0 Å². The zero-order valence-corrected chi connectivity index (χ0v) is 5.57. The first kappa shape index (κ1) is 8.56. The van der Waals surface area contributed by atoms with Crippen LogP contribution in [0, 0.1) is 6.92 Å². The van der Waals surface area contributed by atoms with Gasteiger partial charge in [0.1, 0.15) is 5.82 Å². The topological polar surface area (TPSA) is 28.7 Å². The van der Waals surface area contributed by atoms with Gasteiger partial charge in [0.05, 0.1) is 0 Å². The number of thiol groups is 1. The zero-order chi connectivity index (χ0) is 5.98. The first-order chi connectivity index (χ1) is 3.83. The number of rotatable bonds is 1. The summed E-state index contributed by atoms with van der Waals surface area (Å²) in [5.41, 5.74) is 1.07. The number of H-pyrrole nitrogens is 1. The van der Waals surface area contributed by atoms with Gasteiger partial charge in [-0.2, -0.15) is 12.6 Å². The predicted octanol–water partition coefficient (Wildman–Crippen LogP) is 1.78. The number of nitrogens with zero attached hydrogens (tertiary/aromatic N) is 1. The molecule has 9 heavy (non-hydrogen) atoms. The second-order valence-corrected chi connectivity index (χ2v) is 1.97. The quantitative estimate of drug-likeness (QED) is 0.578. The third kappa shape index (κ3) is 2.10. The lowest BCUT2D eigenvalue weighted by Gasteiger charge is -1.81. The molecule has 0 bridgehead atoms. The van der Waals surface area contributed by atoms with Crippen LogP contribution in [0.25, 0.3) is 0 Å². The second-order valence-electron chi connectivity index (χ2n) is 1.65. The molecule has 0 spiro atoms. The van der Waals surface area contributed by atoms with Crippen molar-refractivity contribution in [3.63, 3.8) is 0 Å². The van der Waals surface area contributed by atoms with Crippen molar-refractivity contribution in [3.05, 3.63) is 17.7 Å². The number of aromatic amines is 1. The Morgan fingerprint density at radius 3 is 2.67 bits per heavy atom. The Labute approximate surface area is 61.1 Å². The van der Waals surface area contributed by atoms with Gasteiger partial charge in [0.15, 0.2) is 0 Å². The lowest BCUT2D eigenvalue weighted by atomic mass is 10.6. The highest BCUT2D eigenvalue weighted by atomic mass is 32.1. The minimum Gasteiger partial charge on any atom is -0.345 e. The van der Waals surface area contributed by atoms with Crippen LogP contribution in [0.5, 0.6) is 0 Å². The second kappa shape index (κ2) is 3.56. The van der Waals surface area contributed by atoms with E-state index in [-0.39, 0.29) is 7.43 Å². The summed E-state index contributed by atoms with van der Waals surface area (Å²) in [5.74, 6) is 1.69. The van der Waals surface area contributed by atoms with Gasteiger partial charge in [-0.25, -0.2) is 4.98 Å². The summed E-state index contributed by atoms with van der Waals surface area (Å²) < 4.78 is 0. The zero-order valence-electron chi connectivity index (χ0n) is 4.68. The third-order valence-corrected chi connectivity index (χ3v) is 1.27. The molecule has 0 amide bonds. The highest BCUT2D eigenvalue weighted by Crippen LogP contribution is 1.97. The van der Waals surface area contributed by atoms with Crippen LogP contribution >= 0.6 is 12.6 Å². The normalized spacial score (nSPS) is 8.67. The Balaban J connectivity index is 0.000000640. The molecule has 52 valence electrons. The van der Waals surface area contributed by atoms with Crippen molar-refractivity contribution in [2.75, 3.05) is 0 Å². The summed E-state index contributed by atoms with van der Waals surface area (Å²) in [7, 11) is 0. The largest absolute Gasteiger partial charge is 0.345 e. The molecule has 3 heteroatoms. The molecule has 0 saturated carbocycles. The van der Waals surface area contributed by atoms with E-state index in [4.69, 9.17) is 0 Å². The van der Waals surface area contributed by atoms with Crippen molar-refractivity contribution in [2.45, 2.75) is 20.1 Å². The van der Waals surface area contributed by atoms with E-state index in [0.29, 0.717) is 0 Å². The fraction of sp³-hybridized carbons (Fsp3) is 0.500. The van der Waals surface area contributed by atoms with E-state index in [1.165, 1.54) is 0 Å². The molecule has 0 fully saturated rings. The first-order valence-corrected chi connectivity index (χ1v) is 3.07. The van der Waals surface area contributed by atoms with Crippen LogP contribution in [0.3, 0.4) is 0 Å². The summed E-state index contributed by atoms with van der Waals surface area (Å²) in [6, 6.07) is 0. The van der Waals surface area contributed by atoms with E-state index in [2.05, 4.69) is 22.6 Å². The fourth-order valence-electron chi connectivity index (χ4n) is 0.552. The molecular formula is C6H12N2S. The molecule has 1 rings (SSSR count). The molecule has 0 saturated heterocycles. The van der Waals surface area contributed by atoms with Gasteiger partial charge in [0.25, 0.3) is 0 Å². The SMILES string of the molecule is C.Cc1ncc(CS)[nH]1. The smallest absolute Gasteiger partial charge is 0.103 e. The molecule has 1 aromatic heterocycles. The van der Waals surface area contributed by atoms with E-state index in [1.807, 2.05) is 6.92 Å². The lowest BCUT2D eigenvalue weighted by Crippen LogP contribution is -1.75. The summed E-state index contributed by atoms with van der Waals surface area (Å²) in [5, 5.41) is 0. The highest BCUT2D eigenvalue weighted by molar-refractivity contribution is 7.79. The average molecular weight is 144 g/mol. The number of hydrogen-bond acceptors (Lipinski definition) is 2. The Kier molecular flexibility index (Phi) is 3.39. The molecule has 1 heterocycles. The molecule has 0 aromatic carbocycles. The van der Waals surface area contributed by atoms with Gasteiger partial charge in [0.2, 0.25) is 0 Å². The number of hydrogen-bond donors (Lipinski definition) is 2. The van der Waals surface area contributed by atoms with Crippen molar-refractivity contribution < 1.29 is 0 Å². The molecular weight excluding hydrogens is 132 g/mol. The van der Waals surface area contributed by atoms with Crippen LogP contribution in [0.15, 0.2) is 6.20 Å². The van der Waals surface area contributed by atoms with E-state index >= 15 is 0 Å². The Hall–Kier alpha value is -0.440. The van der Waals surface area contributed by atoms with E-state index in [1.54, 1.807) is 6.20 Å². The number of imidazole rings is 1. The molecule has 0 unspecified atom stereocenters. The van der Waals surface area contributed by atoms with E-state index in [0.717, 1.165) is 17.3 Å². The van der Waals surface area contributed by atoms with Gasteiger partial charge in [-0.15, -0.1) is 0 Å². The fourth-order valence-corrected chi connectivity index (χ4v) is 0.713. The lowest BCUT2D eigenvalue weighted by molar-refractivity contribution is 1.12. The van der Waals surface area contributed by atoms with Crippen molar-refractivity contribution >= 4 is 12.6 Å². The summed E-state index contributed by atoms with van der Waals surface area (Å²) >= 11 is 4.05. The Bertz CT molecular complexity index is 171. The summed E-state index contributed by atoms with van der Waals surface area (Å²) in [6.45, 7) is 1.92. The Morgan fingerprint density at radius 1 is 1.78 bits per heavy atom. The van der Waals surface area contributed by atoms with Crippen LogP contribution in [-0.2, 0) is 5.75 Å². The van der Waals surface area contributed by atoms with Crippen LogP contribution < -0.4 is 0 Å². The van der Waals surface area contributed by atoms with Crippen molar-refractivity contribution in [1.29, 1.82) is 0 Å². The summed E-state index contributed by atoms with van der Waals surface area (Å²) in [4.78, 5) is 7.02. The van der Waals surface area contributed by atoms with Gasteiger partial charge in [0, 0.05) is 17.6 Å². The van der Waals surface area contributed by atoms with Gasteiger partial charge in [-0.05, 0) is 6.92 Å². The third-order valence-electron chi connectivity index (χ3n) is 0.926. The highest BCUT2D eigenvalue weighted by Gasteiger charge is 1.89. The molecule has 0 aliphatic carbocycles. The monoisotopic (exact) mass is 144 g/mol. The average Bonchev–Trinajstić information content (AvgIpc) is 2.14. The maximum absolute atomic E-state index is 4.05. The van der Waals surface area contributed by atoms with Gasteiger partial charge < -0.3 is 4.98 Å². The first-order valence-electron chi connectivity index (χ1n) is 2.44. The predicted molar refractivity (Wildman–Crippen MR) is 42.7 cm³/mol. The maximum atomic E-state index is 4.05. The molecule has 0 aliphatic heterocycles. The van der Waals surface area contributed by atoms with Crippen LogP contribution in [0.4, 0.5) is 0 Å². The minimum absolute atomic E-state index is 0. The van der Waals surface area contributed by atoms with Crippen LogP contribution in [0.1, 0.15) is 18.9 Å².